The molecule has 0 saturated heterocycles. The normalized spacial score (nSPS) is 12.8. The largest absolute Gasteiger partial charge is 0.317 e. The molecule has 3 heteroatoms. The number of nitrogens with one attached hydrogen (secondary N) is 1. The van der Waals surface area contributed by atoms with Gasteiger partial charge in [-0.2, -0.15) is 0 Å². The molecule has 0 fully saturated rings. The van der Waals surface area contributed by atoms with E-state index in [4.69, 9.17) is 23.2 Å². The summed E-state index contributed by atoms with van der Waals surface area (Å²) in [6, 6.07) is 6.36. The summed E-state index contributed by atoms with van der Waals surface area (Å²) in [4.78, 5) is 0. The number of hydrogen-bond acceptors (Lipinski definition) is 1. The number of rotatable bonds is 5. The fourth-order valence-electron chi connectivity index (χ4n) is 1.65. The minimum absolute atomic E-state index is 0.521. The summed E-state index contributed by atoms with van der Waals surface area (Å²) in [5.41, 5.74) is 1.23. The van der Waals surface area contributed by atoms with E-state index in [0.29, 0.717) is 16.1 Å². The molecule has 0 bridgehead atoms. The quantitative estimate of drug-likeness (QED) is 0.830. The number of likely N-dealkylation sites (N-methyl/N-ethyl adjacent to an activating group) is 1. The lowest BCUT2D eigenvalue weighted by atomic mass is 10.0. The van der Waals surface area contributed by atoms with Gasteiger partial charge in [-0.15, -0.1) is 0 Å². The molecule has 1 atom stereocenters. The van der Waals surface area contributed by atoms with Gasteiger partial charge in [0.2, 0.25) is 0 Å². The zero-order valence-corrected chi connectivity index (χ0v) is 10.7. The van der Waals surface area contributed by atoms with Crippen molar-refractivity contribution in [1.82, 2.24) is 5.32 Å². The maximum absolute atomic E-state index is 5.97. The van der Waals surface area contributed by atoms with Crippen molar-refractivity contribution in [1.29, 1.82) is 0 Å². The second-order valence-corrected chi connectivity index (χ2v) is 4.54. The Morgan fingerprint density at radius 3 is 2.53 bits per heavy atom. The van der Waals surface area contributed by atoms with Crippen LogP contribution in [0.15, 0.2) is 18.2 Å². The highest BCUT2D eigenvalue weighted by molar-refractivity contribution is 6.42. The lowest BCUT2D eigenvalue weighted by Crippen LogP contribution is -2.27. The van der Waals surface area contributed by atoms with Crippen LogP contribution in [0.5, 0.6) is 0 Å². The third-order valence-electron chi connectivity index (χ3n) is 2.51. The first-order valence-electron chi connectivity index (χ1n) is 5.28. The van der Waals surface area contributed by atoms with Gasteiger partial charge < -0.3 is 5.32 Å². The molecule has 0 amide bonds. The van der Waals surface area contributed by atoms with Crippen LogP contribution in [0.1, 0.15) is 25.3 Å². The first-order valence-corrected chi connectivity index (χ1v) is 6.04. The Morgan fingerprint density at radius 2 is 2.00 bits per heavy atom. The second kappa shape index (κ2) is 6.37. The topological polar surface area (TPSA) is 12.0 Å². The molecule has 0 heterocycles. The number of halogens is 2. The van der Waals surface area contributed by atoms with E-state index < -0.39 is 0 Å². The Kier molecular flexibility index (Phi) is 5.44. The van der Waals surface area contributed by atoms with Crippen LogP contribution in [0.25, 0.3) is 0 Å². The molecule has 84 valence electrons. The van der Waals surface area contributed by atoms with Gasteiger partial charge in [-0.1, -0.05) is 42.6 Å². The van der Waals surface area contributed by atoms with Gasteiger partial charge in [0.1, 0.15) is 0 Å². The smallest absolute Gasteiger partial charge is 0.0595 e. The molecule has 0 aliphatic rings. The summed E-state index contributed by atoms with van der Waals surface area (Å²) in [6.45, 7) is 2.19. The van der Waals surface area contributed by atoms with Gasteiger partial charge >= 0.3 is 0 Å². The second-order valence-electron chi connectivity index (χ2n) is 3.73. The van der Waals surface area contributed by atoms with E-state index in [1.165, 1.54) is 18.4 Å². The summed E-state index contributed by atoms with van der Waals surface area (Å²) in [6.07, 6.45) is 3.37. The van der Waals surface area contributed by atoms with Crippen molar-refractivity contribution in [2.45, 2.75) is 32.2 Å². The third kappa shape index (κ3) is 4.02. The first kappa shape index (κ1) is 12.8. The Bertz CT molecular complexity index is 312. The van der Waals surface area contributed by atoms with Crippen LogP contribution in [0, 0.1) is 0 Å². The molecule has 1 unspecified atom stereocenters. The van der Waals surface area contributed by atoms with Crippen LogP contribution in [0.3, 0.4) is 0 Å². The van der Waals surface area contributed by atoms with Crippen LogP contribution >= 0.6 is 23.2 Å². The van der Waals surface area contributed by atoms with Crippen molar-refractivity contribution < 1.29 is 0 Å². The molecule has 0 aromatic heterocycles. The average molecular weight is 246 g/mol. The SMILES string of the molecule is CCCC(Cc1ccc(Cl)c(Cl)c1)NC. The molecule has 0 radical (unpaired) electrons. The van der Waals surface area contributed by atoms with Crippen LogP contribution < -0.4 is 5.32 Å². The maximum atomic E-state index is 5.97. The van der Waals surface area contributed by atoms with E-state index in [1.807, 2.05) is 25.2 Å². The van der Waals surface area contributed by atoms with E-state index in [0.717, 1.165) is 6.42 Å². The van der Waals surface area contributed by atoms with E-state index in [2.05, 4.69) is 12.2 Å². The molecule has 0 aliphatic heterocycles. The molecule has 0 saturated carbocycles. The highest BCUT2D eigenvalue weighted by Crippen LogP contribution is 2.23. The van der Waals surface area contributed by atoms with Gasteiger partial charge in [0.25, 0.3) is 0 Å². The summed E-state index contributed by atoms with van der Waals surface area (Å²) >= 11 is 11.8. The highest BCUT2D eigenvalue weighted by Gasteiger charge is 2.07. The van der Waals surface area contributed by atoms with Crippen LogP contribution in [0.4, 0.5) is 0 Å². The van der Waals surface area contributed by atoms with Crippen molar-refractivity contribution in [3.8, 4) is 0 Å². The van der Waals surface area contributed by atoms with Crippen molar-refractivity contribution in [2.75, 3.05) is 7.05 Å². The first-order chi connectivity index (χ1) is 7.17. The highest BCUT2D eigenvalue weighted by atomic mass is 35.5. The molecule has 0 aliphatic carbocycles. The Hall–Kier alpha value is -0.240. The maximum Gasteiger partial charge on any atom is 0.0595 e. The molecular weight excluding hydrogens is 229 g/mol. The van der Waals surface area contributed by atoms with Crippen molar-refractivity contribution >= 4 is 23.2 Å². The van der Waals surface area contributed by atoms with Crippen molar-refractivity contribution in [3.05, 3.63) is 33.8 Å². The van der Waals surface area contributed by atoms with E-state index in [9.17, 15) is 0 Å². The molecule has 1 aromatic rings. The predicted molar refractivity (Wildman–Crippen MR) is 67.9 cm³/mol. The summed E-state index contributed by atoms with van der Waals surface area (Å²) in [5.74, 6) is 0. The van der Waals surface area contributed by atoms with Crippen LogP contribution in [-0.2, 0) is 6.42 Å². The Morgan fingerprint density at radius 1 is 1.27 bits per heavy atom. The molecule has 0 spiro atoms. The lowest BCUT2D eigenvalue weighted by Gasteiger charge is -2.15. The lowest BCUT2D eigenvalue weighted by molar-refractivity contribution is 0.514. The molecule has 1 rings (SSSR count). The van der Waals surface area contributed by atoms with Crippen LogP contribution in [0.2, 0.25) is 10.0 Å². The fraction of sp³-hybridized carbons (Fsp3) is 0.500. The molecule has 1 aromatic carbocycles. The Labute approximate surface area is 102 Å². The number of benzene rings is 1. The van der Waals surface area contributed by atoms with Gasteiger partial charge in [-0.25, -0.2) is 0 Å². The third-order valence-corrected chi connectivity index (χ3v) is 3.25. The monoisotopic (exact) mass is 245 g/mol. The number of hydrogen-bond donors (Lipinski definition) is 1. The standard InChI is InChI=1S/C12H17Cl2N/c1-3-4-10(15-2)7-9-5-6-11(13)12(14)8-9/h5-6,8,10,15H,3-4,7H2,1-2H3. The summed E-state index contributed by atoms with van der Waals surface area (Å²) in [5, 5.41) is 4.57. The molecule has 1 nitrogen and oxygen atoms in total. The molecular formula is C12H17Cl2N. The zero-order chi connectivity index (χ0) is 11.3. The van der Waals surface area contributed by atoms with E-state index in [-0.39, 0.29) is 0 Å². The summed E-state index contributed by atoms with van der Waals surface area (Å²) < 4.78 is 0. The molecule has 1 N–H and O–H groups in total. The van der Waals surface area contributed by atoms with Gasteiger partial charge in [-0.3, -0.25) is 0 Å². The summed E-state index contributed by atoms with van der Waals surface area (Å²) in [7, 11) is 2.00. The fourth-order valence-corrected chi connectivity index (χ4v) is 1.97. The molecule has 15 heavy (non-hydrogen) atoms. The average Bonchev–Trinajstić information content (AvgIpc) is 2.23. The van der Waals surface area contributed by atoms with Gasteiger partial charge in [-0.05, 0) is 37.6 Å². The minimum atomic E-state index is 0.521. The zero-order valence-electron chi connectivity index (χ0n) is 9.19. The Balaban J connectivity index is 2.66. The van der Waals surface area contributed by atoms with Crippen molar-refractivity contribution in [2.24, 2.45) is 0 Å². The predicted octanol–water partition coefficient (Wildman–Crippen LogP) is 3.92. The minimum Gasteiger partial charge on any atom is -0.317 e. The van der Waals surface area contributed by atoms with Gasteiger partial charge in [0, 0.05) is 6.04 Å². The van der Waals surface area contributed by atoms with Gasteiger partial charge in [0.05, 0.1) is 10.0 Å². The van der Waals surface area contributed by atoms with Crippen molar-refractivity contribution in [3.63, 3.8) is 0 Å². The van der Waals surface area contributed by atoms with E-state index >= 15 is 0 Å². The van der Waals surface area contributed by atoms with Gasteiger partial charge in [0.15, 0.2) is 0 Å². The van der Waals surface area contributed by atoms with Crippen LogP contribution in [-0.4, -0.2) is 13.1 Å². The van der Waals surface area contributed by atoms with E-state index in [1.54, 1.807) is 0 Å².